The van der Waals surface area contributed by atoms with Crippen LogP contribution in [-0.2, 0) is 28.2 Å². The van der Waals surface area contributed by atoms with E-state index in [2.05, 4.69) is 25.9 Å². The van der Waals surface area contributed by atoms with Crippen LogP contribution in [0.1, 0.15) is 31.4 Å². The van der Waals surface area contributed by atoms with E-state index in [4.69, 9.17) is 14.5 Å². The topological polar surface area (TPSA) is 114 Å². The maximum absolute atomic E-state index is 12.9. The smallest absolute Gasteiger partial charge is 0.225 e. The molecule has 0 N–H and O–H groups in total. The highest BCUT2D eigenvalue weighted by Gasteiger charge is 2.29. The summed E-state index contributed by atoms with van der Waals surface area (Å²) in [4.78, 5) is 9.54. The Hall–Kier alpha value is -3.90. The maximum atomic E-state index is 12.9. The van der Waals surface area contributed by atoms with Gasteiger partial charge in [0.15, 0.2) is 9.84 Å². The molecule has 5 heterocycles. The summed E-state index contributed by atoms with van der Waals surface area (Å²) in [6, 6.07) is 10.00. The number of ether oxygens (including phenoxy) is 2. The number of nitrogens with zero attached hydrogens (tertiary/aromatic N) is 6. The number of pyridine rings is 2. The van der Waals surface area contributed by atoms with E-state index in [0.717, 1.165) is 48.2 Å². The molecule has 0 atom stereocenters. The first-order chi connectivity index (χ1) is 20.7. The lowest BCUT2D eigenvalue weighted by Crippen LogP contribution is -2.20. The highest BCUT2D eigenvalue weighted by molar-refractivity contribution is 7.91. The van der Waals surface area contributed by atoms with Crippen LogP contribution in [0.2, 0.25) is 0 Å². The second-order valence-electron chi connectivity index (χ2n) is 11.4. The first kappa shape index (κ1) is 29.2. The minimum Gasteiger partial charge on any atom is -0.477 e. The van der Waals surface area contributed by atoms with Crippen LogP contribution in [0, 0.1) is 24.6 Å². The van der Waals surface area contributed by atoms with Crippen molar-refractivity contribution in [3.8, 4) is 17.1 Å². The van der Waals surface area contributed by atoms with Gasteiger partial charge in [0, 0.05) is 44.8 Å². The molecule has 10 nitrogen and oxygen atoms in total. The average Bonchev–Trinajstić information content (AvgIpc) is 3.70. The molecule has 2 aliphatic rings. The summed E-state index contributed by atoms with van der Waals surface area (Å²) in [6.07, 6.45) is 8.60. The van der Waals surface area contributed by atoms with E-state index in [9.17, 15) is 12.8 Å². The first-order valence-electron chi connectivity index (χ1n) is 14.5. The van der Waals surface area contributed by atoms with Crippen molar-refractivity contribution >= 4 is 31.8 Å². The molecule has 12 heteroatoms. The molecule has 1 saturated carbocycles. The van der Waals surface area contributed by atoms with Crippen LogP contribution in [0.5, 0.6) is 5.88 Å². The lowest BCUT2D eigenvalue weighted by atomic mass is 10.0. The molecule has 0 bridgehead atoms. The Morgan fingerprint density at radius 3 is 2.40 bits per heavy atom. The minimum atomic E-state index is -3.56. The van der Waals surface area contributed by atoms with Crippen LogP contribution in [0.25, 0.3) is 33.2 Å². The van der Waals surface area contributed by atoms with Crippen molar-refractivity contribution in [2.45, 2.75) is 44.0 Å². The number of sulfone groups is 1. The molecule has 1 aromatic carbocycles. The molecule has 4 aromatic heterocycles. The molecular formula is C31H35FN6O4S. The van der Waals surface area contributed by atoms with Crippen LogP contribution in [0.3, 0.4) is 0 Å². The highest BCUT2D eigenvalue weighted by Crippen LogP contribution is 2.40. The lowest BCUT2D eigenvalue weighted by molar-refractivity contribution is 0.0619. The third-order valence-corrected chi connectivity index (χ3v) is 9.08. The van der Waals surface area contributed by atoms with E-state index in [1.54, 1.807) is 29.1 Å². The Bertz CT molecular complexity index is 1840. The van der Waals surface area contributed by atoms with Crippen LogP contribution < -0.4 is 4.74 Å². The van der Waals surface area contributed by atoms with Crippen molar-refractivity contribution in [3.05, 3.63) is 60.3 Å². The van der Waals surface area contributed by atoms with E-state index < -0.39 is 9.84 Å². The van der Waals surface area contributed by atoms with E-state index in [0.29, 0.717) is 60.5 Å². The zero-order valence-corrected chi connectivity index (χ0v) is 25.3. The Labute approximate surface area is 249 Å². The van der Waals surface area contributed by atoms with Gasteiger partial charge in [-0.1, -0.05) is 23.4 Å². The second kappa shape index (κ2) is 12.0. The summed E-state index contributed by atoms with van der Waals surface area (Å²) in [5.41, 5.74) is 4.71. The molecule has 226 valence electrons. The van der Waals surface area contributed by atoms with Crippen molar-refractivity contribution in [1.82, 2.24) is 29.5 Å². The predicted octanol–water partition coefficient (Wildman–Crippen LogP) is 5.13. The Balaban J connectivity index is 0.000000415. The Morgan fingerprint density at radius 2 is 1.79 bits per heavy atom. The summed E-state index contributed by atoms with van der Waals surface area (Å²) in [5.74, 6) is 1.16. The number of rotatable bonds is 7. The monoisotopic (exact) mass is 606 g/mol. The van der Waals surface area contributed by atoms with Crippen molar-refractivity contribution in [3.63, 3.8) is 0 Å². The average molecular weight is 607 g/mol. The Kier molecular flexibility index (Phi) is 8.15. The molecule has 0 unspecified atom stereocenters. The molecule has 1 aliphatic heterocycles. The highest BCUT2D eigenvalue weighted by atomic mass is 32.2. The standard InChI is InChI=1S/C25H30N6O4S.C6H5F/c1-15-23(30(2)29-28-15)18-10-19-22(26-11-18)21-24(31(19)13-16-6-8-34-9-7-16)20(36(3,32)33)12-27-25(21)35-14-17-4-5-17;7-6-4-2-1-3-5-6/h10-12,16-17H,4-9,13-14H2,1-3H3;1-5H. The van der Waals surface area contributed by atoms with Crippen LogP contribution >= 0.6 is 0 Å². The van der Waals surface area contributed by atoms with E-state index in [-0.39, 0.29) is 10.7 Å². The third kappa shape index (κ3) is 6.25. The minimum absolute atomic E-state index is 0.178. The maximum Gasteiger partial charge on any atom is 0.225 e. The van der Waals surface area contributed by atoms with Gasteiger partial charge in [0.25, 0.3) is 0 Å². The molecule has 7 rings (SSSR count). The molecule has 0 radical (unpaired) electrons. The fourth-order valence-corrected chi connectivity index (χ4v) is 6.37. The number of fused-ring (bicyclic) bond motifs is 3. The normalized spacial score (nSPS) is 15.9. The van der Waals surface area contributed by atoms with Crippen LogP contribution in [-0.4, -0.2) is 64.0 Å². The summed E-state index contributed by atoms with van der Waals surface area (Å²) in [7, 11) is -1.70. The largest absolute Gasteiger partial charge is 0.477 e. The van der Waals surface area contributed by atoms with Gasteiger partial charge in [-0.3, -0.25) is 4.98 Å². The number of aromatic nitrogens is 6. The van der Waals surface area contributed by atoms with Gasteiger partial charge in [0.05, 0.1) is 40.6 Å². The molecule has 2 fully saturated rings. The van der Waals surface area contributed by atoms with Crippen molar-refractivity contribution in [2.24, 2.45) is 18.9 Å². The zero-order valence-electron chi connectivity index (χ0n) is 24.5. The van der Waals surface area contributed by atoms with Gasteiger partial charge in [0.2, 0.25) is 5.88 Å². The van der Waals surface area contributed by atoms with Gasteiger partial charge >= 0.3 is 0 Å². The summed E-state index contributed by atoms with van der Waals surface area (Å²) in [6.45, 7) is 4.57. The van der Waals surface area contributed by atoms with Crippen molar-refractivity contribution in [2.75, 3.05) is 26.1 Å². The number of aryl methyl sites for hydroxylation is 2. The van der Waals surface area contributed by atoms with Crippen molar-refractivity contribution < 1.29 is 22.3 Å². The predicted molar refractivity (Wildman–Crippen MR) is 161 cm³/mol. The van der Waals surface area contributed by atoms with Gasteiger partial charge in [0.1, 0.15) is 16.2 Å². The third-order valence-electron chi connectivity index (χ3n) is 7.98. The van der Waals surface area contributed by atoms with Gasteiger partial charge in [-0.25, -0.2) is 22.5 Å². The molecule has 43 heavy (non-hydrogen) atoms. The summed E-state index contributed by atoms with van der Waals surface area (Å²) >= 11 is 0. The first-order valence-corrected chi connectivity index (χ1v) is 16.4. The molecule has 1 saturated heterocycles. The summed E-state index contributed by atoms with van der Waals surface area (Å²) < 4.78 is 53.4. The fraction of sp³-hybridized carbons (Fsp3) is 0.419. The fourth-order valence-electron chi connectivity index (χ4n) is 5.56. The quantitative estimate of drug-likeness (QED) is 0.251. The molecular weight excluding hydrogens is 571 g/mol. The Morgan fingerprint density at radius 1 is 1.05 bits per heavy atom. The van der Waals surface area contributed by atoms with E-state index >= 15 is 0 Å². The number of hydrogen-bond acceptors (Lipinski definition) is 8. The van der Waals surface area contributed by atoms with Gasteiger partial charge < -0.3 is 14.0 Å². The molecule has 5 aromatic rings. The van der Waals surface area contributed by atoms with Crippen LogP contribution in [0.15, 0.2) is 53.7 Å². The second-order valence-corrected chi connectivity index (χ2v) is 13.4. The number of halogens is 1. The van der Waals surface area contributed by atoms with Crippen molar-refractivity contribution in [1.29, 1.82) is 0 Å². The zero-order chi connectivity index (χ0) is 30.1. The molecule has 0 amide bonds. The molecule has 1 aliphatic carbocycles. The lowest BCUT2D eigenvalue weighted by Gasteiger charge is -2.23. The summed E-state index contributed by atoms with van der Waals surface area (Å²) in [5, 5.41) is 9.00. The van der Waals surface area contributed by atoms with Gasteiger partial charge in [-0.15, -0.1) is 5.10 Å². The number of benzene rings is 1. The van der Waals surface area contributed by atoms with Gasteiger partial charge in [-0.2, -0.15) is 0 Å². The molecule has 0 spiro atoms. The van der Waals surface area contributed by atoms with E-state index in [1.807, 2.05) is 14.0 Å². The van der Waals surface area contributed by atoms with E-state index in [1.165, 1.54) is 24.6 Å². The SMILES string of the molecule is Cc1nnn(C)c1-c1cnc2c3c(OCC4CC4)ncc(S(C)(=O)=O)c3n(CC3CCOCC3)c2c1.Fc1ccccc1. The van der Waals surface area contributed by atoms with Gasteiger partial charge in [-0.05, 0) is 62.6 Å². The number of hydrogen-bond donors (Lipinski definition) is 0. The van der Waals surface area contributed by atoms with Crippen LogP contribution in [0.4, 0.5) is 4.39 Å².